The number of piperidine rings is 1. The Morgan fingerprint density at radius 3 is 2.84 bits per heavy atom. The van der Waals surface area contributed by atoms with Crippen LogP contribution < -0.4 is 5.73 Å². The monoisotopic (exact) mass is 263 g/mol. The average Bonchev–Trinajstić information content (AvgIpc) is 2.46. The Hall–Kier alpha value is -0.970. The van der Waals surface area contributed by atoms with Gasteiger partial charge in [0, 0.05) is 25.0 Å². The molecule has 4 heteroatoms. The molecule has 0 amide bonds. The maximum atomic E-state index is 9.49. The first-order valence-corrected chi connectivity index (χ1v) is 7.32. The summed E-state index contributed by atoms with van der Waals surface area (Å²) in [6.45, 7) is 3.77. The van der Waals surface area contributed by atoms with Crippen molar-refractivity contribution in [3.8, 4) is 0 Å². The molecule has 1 aliphatic rings. The predicted molar refractivity (Wildman–Crippen MR) is 76.7 cm³/mol. The smallest absolute Gasteiger partial charge is 0.0666 e. The van der Waals surface area contributed by atoms with Crippen molar-refractivity contribution in [2.45, 2.75) is 44.8 Å². The summed E-state index contributed by atoms with van der Waals surface area (Å²) in [6.07, 6.45) is 6.97. The molecule has 1 unspecified atom stereocenters. The van der Waals surface area contributed by atoms with Gasteiger partial charge in [-0.3, -0.25) is 9.88 Å². The zero-order valence-corrected chi connectivity index (χ0v) is 11.6. The first kappa shape index (κ1) is 14.4. The van der Waals surface area contributed by atoms with Crippen molar-refractivity contribution in [1.82, 2.24) is 9.88 Å². The number of aromatic nitrogens is 1. The molecule has 106 valence electrons. The lowest BCUT2D eigenvalue weighted by Gasteiger charge is -2.26. The number of aliphatic hydroxyl groups excluding tert-OH is 1. The van der Waals surface area contributed by atoms with Gasteiger partial charge in [-0.1, -0.05) is 6.42 Å². The molecule has 1 aromatic heterocycles. The van der Waals surface area contributed by atoms with E-state index in [-0.39, 0.29) is 0 Å². The highest BCUT2D eigenvalue weighted by Crippen LogP contribution is 2.13. The molecule has 1 saturated heterocycles. The van der Waals surface area contributed by atoms with Crippen LogP contribution in [-0.2, 0) is 13.0 Å². The fourth-order valence-electron chi connectivity index (χ4n) is 2.57. The second-order valence-electron chi connectivity index (χ2n) is 5.42. The lowest BCUT2D eigenvalue weighted by molar-refractivity contribution is 0.172. The number of nitrogens with zero attached hydrogens (tertiary/aromatic N) is 2. The van der Waals surface area contributed by atoms with Gasteiger partial charge in [-0.2, -0.15) is 0 Å². The molecule has 4 nitrogen and oxygen atoms in total. The van der Waals surface area contributed by atoms with E-state index in [0.29, 0.717) is 13.0 Å². The van der Waals surface area contributed by atoms with Gasteiger partial charge in [0.1, 0.15) is 0 Å². The fourth-order valence-corrected chi connectivity index (χ4v) is 2.57. The number of likely N-dealkylation sites (tertiary alicyclic amines) is 1. The number of aliphatic hydroxyl groups is 1. The van der Waals surface area contributed by atoms with Crippen molar-refractivity contribution in [1.29, 1.82) is 0 Å². The van der Waals surface area contributed by atoms with Crippen LogP contribution in [0, 0.1) is 0 Å². The van der Waals surface area contributed by atoms with Crippen LogP contribution >= 0.6 is 0 Å². The molecule has 1 fully saturated rings. The van der Waals surface area contributed by atoms with E-state index in [1.165, 1.54) is 37.9 Å². The third-order valence-corrected chi connectivity index (χ3v) is 3.74. The van der Waals surface area contributed by atoms with Crippen molar-refractivity contribution in [2.75, 3.05) is 19.6 Å². The van der Waals surface area contributed by atoms with Gasteiger partial charge in [-0.15, -0.1) is 0 Å². The quantitative estimate of drug-likeness (QED) is 0.812. The van der Waals surface area contributed by atoms with Crippen molar-refractivity contribution in [3.63, 3.8) is 0 Å². The summed E-state index contributed by atoms with van der Waals surface area (Å²) >= 11 is 0. The van der Waals surface area contributed by atoms with E-state index >= 15 is 0 Å². The van der Waals surface area contributed by atoms with Crippen LogP contribution in [0.25, 0.3) is 0 Å². The van der Waals surface area contributed by atoms with Crippen LogP contribution in [0.4, 0.5) is 0 Å². The fraction of sp³-hybridized carbons (Fsp3) is 0.667. The van der Waals surface area contributed by atoms with Gasteiger partial charge in [-0.05, 0) is 56.5 Å². The summed E-state index contributed by atoms with van der Waals surface area (Å²) in [5.41, 5.74) is 7.80. The number of aryl methyl sites for hydroxylation is 1. The van der Waals surface area contributed by atoms with E-state index in [4.69, 9.17) is 5.73 Å². The first-order valence-electron chi connectivity index (χ1n) is 7.32. The molecular formula is C15H25N3O. The molecule has 1 atom stereocenters. The number of hydrogen-bond acceptors (Lipinski definition) is 4. The van der Waals surface area contributed by atoms with Gasteiger partial charge in [0.15, 0.2) is 0 Å². The Labute approximate surface area is 115 Å². The Bertz CT molecular complexity index is 377. The topological polar surface area (TPSA) is 62.4 Å². The molecule has 3 N–H and O–H groups in total. The molecule has 0 aromatic carbocycles. The summed E-state index contributed by atoms with van der Waals surface area (Å²) < 4.78 is 0. The van der Waals surface area contributed by atoms with Crippen molar-refractivity contribution < 1.29 is 5.11 Å². The lowest BCUT2D eigenvalue weighted by atomic mass is 10.1. The Morgan fingerprint density at radius 2 is 2.11 bits per heavy atom. The molecule has 2 rings (SSSR count). The van der Waals surface area contributed by atoms with E-state index in [1.54, 1.807) is 0 Å². The van der Waals surface area contributed by atoms with Crippen LogP contribution in [0.2, 0.25) is 0 Å². The number of rotatable bonds is 6. The highest BCUT2D eigenvalue weighted by atomic mass is 16.3. The lowest BCUT2D eigenvalue weighted by Crippen LogP contribution is -2.29. The summed E-state index contributed by atoms with van der Waals surface area (Å²) in [7, 11) is 0. The third kappa shape index (κ3) is 4.90. The average molecular weight is 263 g/mol. The maximum Gasteiger partial charge on any atom is 0.0666 e. The molecule has 0 saturated carbocycles. The standard InChI is InChI=1S/C15H25N3O/c16-11-15(19)5-4-14-10-13(6-7-17-14)12-18-8-2-1-3-9-18/h6-7,10,15,19H,1-5,8-9,11-12,16H2. The van der Waals surface area contributed by atoms with Gasteiger partial charge in [0.05, 0.1) is 6.10 Å². The van der Waals surface area contributed by atoms with Crippen LogP contribution in [0.15, 0.2) is 18.3 Å². The molecular weight excluding hydrogens is 238 g/mol. The van der Waals surface area contributed by atoms with Gasteiger partial charge in [-0.25, -0.2) is 0 Å². The number of hydrogen-bond donors (Lipinski definition) is 2. The minimum atomic E-state index is -0.410. The highest BCUT2D eigenvalue weighted by Gasteiger charge is 2.11. The van der Waals surface area contributed by atoms with Crippen LogP contribution in [0.3, 0.4) is 0 Å². The second-order valence-corrected chi connectivity index (χ2v) is 5.42. The SMILES string of the molecule is NCC(O)CCc1cc(CN2CCCCC2)ccn1. The molecule has 1 aromatic rings. The summed E-state index contributed by atoms with van der Waals surface area (Å²) in [5.74, 6) is 0. The van der Waals surface area contributed by atoms with Crippen molar-refractivity contribution >= 4 is 0 Å². The number of nitrogens with two attached hydrogens (primary N) is 1. The Kier molecular flexibility index (Phi) is 5.76. The predicted octanol–water partition coefficient (Wildman–Crippen LogP) is 1.32. The molecule has 0 bridgehead atoms. The Morgan fingerprint density at radius 1 is 1.32 bits per heavy atom. The van der Waals surface area contributed by atoms with E-state index in [0.717, 1.165) is 18.7 Å². The van der Waals surface area contributed by atoms with E-state index < -0.39 is 6.10 Å². The van der Waals surface area contributed by atoms with Crippen LogP contribution in [-0.4, -0.2) is 40.7 Å². The summed E-state index contributed by atoms with van der Waals surface area (Å²) in [4.78, 5) is 6.88. The summed E-state index contributed by atoms with van der Waals surface area (Å²) in [5, 5.41) is 9.49. The normalized spacial score (nSPS) is 18.4. The van der Waals surface area contributed by atoms with Gasteiger partial charge >= 0.3 is 0 Å². The summed E-state index contributed by atoms with van der Waals surface area (Å²) in [6, 6.07) is 4.26. The Balaban J connectivity index is 1.87. The zero-order valence-electron chi connectivity index (χ0n) is 11.6. The zero-order chi connectivity index (χ0) is 13.5. The maximum absolute atomic E-state index is 9.49. The van der Waals surface area contributed by atoms with E-state index in [9.17, 15) is 5.11 Å². The minimum Gasteiger partial charge on any atom is -0.392 e. The first-order chi connectivity index (χ1) is 9.28. The van der Waals surface area contributed by atoms with Crippen molar-refractivity contribution in [2.24, 2.45) is 5.73 Å². The molecule has 19 heavy (non-hydrogen) atoms. The number of pyridine rings is 1. The van der Waals surface area contributed by atoms with Gasteiger partial charge in [0.25, 0.3) is 0 Å². The molecule has 0 radical (unpaired) electrons. The minimum absolute atomic E-state index is 0.327. The van der Waals surface area contributed by atoms with E-state index in [1.807, 2.05) is 6.20 Å². The third-order valence-electron chi connectivity index (χ3n) is 3.74. The molecule has 0 spiro atoms. The largest absolute Gasteiger partial charge is 0.392 e. The van der Waals surface area contributed by atoms with Crippen LogP contribution in [0.1, 0.15) is 36.9 Å². The molecule has 0 aliphatic carbocycles. The highest BCUT2D eigenvalue weighted by molar-refractivity contribution is 5.16. The second kappa shape index (κ2) is 7.58. The van der Waals surface area contributed by atoms with Gasteiger partial charge in [0.2, 0.25) is 0 Å². The van der Waals surface area contributed by atoms with Crippen LogP contribution in [0.5, 0.6) is 0 Å². The van der Waals surface area contributed by atoms with Crippen molar-refractivity contribution in [3.05, 3.63) is 29.6 Å². The molecule has 2 heterocycles. The van der Waals surface area contributed by atoms with E-state index in [2.05, 4.69) is 22.0 Å². The molecule has 1 aliphatic heterocycles. The van der Waals surface area contributed by atoms with Gasteiger partial charge < -0.3 is 10.8 Å².